The molecule has 0 bridgehead atoms. The van der Waals surface area contributed by atoms with Crippen LogP contribution in [0.1, 0.15) is 64.7 Å². The maximum atomic E-state index is 12.3. The summed E-state index contributed by atoms with van der Waals surface area (Å²) < 4.78 is 0. The minimum atomic E-state index is 0.119. The number of unbranched alkanes of at least 4 members (excludes halogenated alkanes) is 3. The number of nitrogens with two attached hydrogens (primary N) is 1. The smallest absolute Gasteiger partial charge is 0.223 e. The first-order valence-corrected chi connectivity index (χ1v) is 7.45. The number of carbonyl (C=O) groups excluding carboxylic acids is 1. The van der Waals surface area contributed by atoms with Crippen molar-refractivity contribution in [3.8, 4) is 0 Å². The second kappa shape index (κ2) is 8.77. The highest BCUT2D eigenvalue weighted by atomic mass is 16.4. The number of amides is 1. The Morgan fingerprint density at radius 3 is 2.58 bits per heavy atom. The first-order chi connectivity index (χ1) is 9.19. The van der Waals surface area contributed by atoms with Gasteiger partial charge >= 0.3 is 0 Å². The van der Waals surface area contributed by atoms with Crippen molar-refractivity contribution in [3.05, 3.63) is 0 Å². The van der Waals surface area contributed by atoms with Crippen LogP contribution < -0.4 is 5.73 Å². The second-order valence-electron chi connectivity index (χ2n) is 5.36. The van der Waals surface area contributed by atoms with E-state index in [4.69, 9.17) is 10.9 Å². The minimum absolute atomic E-state index is 0.119. The molecule has 3 N–H and O–H groups in total. The summed E-state index contributed by atoms with van der Waals surface area (Å²) in [5, 5.41) is 11.7. The van der Waals surface area contributed by atoms with Crippen molar-refractivity contribution in [2.75, 3.05) is 6.54 Å². The molecule has 0 atom stereocenters. The molecule has 0 spiro atoms. The van der Waals surface area contributed by atoms with Crippen LogP contribution in [-0.4, -0.2) is 34.4 Å². The highest BCUT2D eigenvalue weighted by Crippen LogP contribution is 2.24. The van der Waals surface area contributed by atoms with E-state index in [9.17, 15) is 4.79 Å². The Balaban J connectivity index is 2.49. The largest absolute Gasteiger partial charge is 0.409 e. The Bertz CT molecular complexity index is 299. The van der Waals surface area contributed by atoms with E-state index in [0.717, 1.165) is 25.7 Å². The first-order valence-electron chi connectivity index (χ1n) is 7.45. The summed E-state index contributed by atoms with van der Waals surface area (Å²) in [4.78, 5) is 14.1. The minimum Gasteiger partial charge on any atom is -0.409 e. The van der Waals surface area contributed by atoms with E-state index in [1.165, 1.54) is 25.7 Å². The lowest BCUT2D eigenvalue weighted by atomic mass is 10.1. The van der Waals surface area contributed by atoms with Gasteiger partial charge in [0.25, 0.3) is 0 Å². The molecule has 0 aromatic heterocycles. The number of carbonyl (C=O) groups is 1. The van der Waals surface area contributed by atoms with Crippen LogP contribution in [0.25, 0.3) is 0 Å². The van der Waals surface area contributed by atoms with E-state index in [0.29, 0.717) is 6.42 Å². The average Bonchev–Trinajstić information content (AvgIpc) is 2.94. The molecule has 0 radical (unpaired) electrons. The van der Waals surface area contributed by atoms with E-state index in [1.807, 2.05) is 4.90 Å². The van der Waals surface area contributed by atoms with Crippen LogP contribution in [0.2, 0.25) is 0 Å². The van der Waals surface area contributed by atoms with Crippen LogP contribution in [0.3, 0.4) is 0 Å². The van der Waals surface area contributed by atoms with Gasteiger partial charge < -0.3 is 15.8 Å². The van der Waals surface area contributed by atoms with E-state index in [-0.39, 0.29) is 24.3 Å². The van der Waals surface area contributed by atoms with Gasteiger partial charge in [0.2, 0.25) is 5.91 Å². The Labute approximate surface area is 115 Å². The summed E-state index contributed by atoms with van der Waals surface area (Å²) >= 11 is 0. The predicted octanol–water partition coefficient (Wildman–Crippen LogP) is 2.47. The van der Waals surface area contributed by atoms with Crippen LogP contribution in [0.15, 0.2) is 5.16 Å². The van der Waals surface area contributed by atoms with Gasteiger partial charge in [-0.1, -0.05) is 44.2 Å². The lowest BCUT2D eigenvalue weighted by molar-refractivity contribution is -0.132. The zero-order chi connectivity index (χ0) is 14.1. The zero-order valence-corrected chi connectivity index (χ0v) is 12.0. The molecular formula is C14H27N3O2. The molecule has 1 fully saturated rings. The second-order valence-corrected chi connectivity index (χ2v) is 5.36. The summed E-state index contributed by atoms with van der Waals surface area (Å²) in [6, 6.07) is 0.277. The number of nitrogens with zero attached hydrogens (tertiary/aromatic N) is 2. The summed E-state index contributed by atoms with van der Waals surface area (Å²) in [6.07, 6.45) is 9.38. The molecule has 1 saturated carbocycles. The fourth-order valence-corrected chi connectivity index (χ4v) is 2.69. The van der Waals surface area contributed by atoms with Crippen molar-refractivity contribution in [3.63, 3.8) is 0 Å². The van der Waals surface area contributed by atoms with Crippen molar-refractivity contribution in [2.24, 2.45) is 10.9 Å². The zero-order valence-electron chi connectivity index (χ0n) is 12.0. The van der Waals surface area contributed by atoms with Crippen LogP contribution in [0.4, 0.5) is 0 Å². The van der Waals surface area contributed by atoms with Crippen LogP contribution >= 0.6 is 0 Å². The molecule has 0 aromatic carbocycles. The van der Waals surface area contributed by atoms with Gasteiger partial charge in [-0.15, -0.1) is 0 Å². The van der Waals surface area contributed by atoms with Crippen LogP contribution in [0.5, 0.6) is 0 Å². The van der Waals surface area contributed by atoms with Crippen molar-refractivity contribution in [1.29, 1.82) is 0 Å². The van der Waals surface area contributed by atoms with E-state index < -0.39 is 0 Å². The summed E-state index contributed by atoms with van der Waals surface area (Å²) in [6.45, 7) is 2.42. The van der Waals surface area contributed by atoms with Crippen LogP contribution in [-0.2, 0) is 4.79 Å². The lowest BCUT2D eigenvalue weighted by Crippen LogP contribution is -2.44. The van der Waals surface area contributed by atoms with Gasteiger partial charge in [-0.05, 0) is 19.3 Å². The van der Waals surface area contributed by atoms with Gasteiger partial charge in [-0.25, -0.2) is 0 Å². The fourth-order valence-electron chi connectivity index (χ4n) is 2.69. The van der Waals surface area contributed by atoms with Crippen molar-refractivity contribution < 1.29 is 10.0 Å². The standard InChI is InChI=1S/C14H27N3O2/c1-2-3-4-5-10-14(18)17(11-13(15)16-19)12-8-6-7-9-12/h12,19H,2-11H2,1H3,(H2,15,16). The molecule has 1 amide bonds. The number of hydrogen-bond donors (Lipinski definition) is 2. The molecule has 0 unspecified atom stereocenters. The maximum absolute atomic E-state index is 12.3. The van der Waals surface area contributed by atoms with Gasteiger partial charge in [0.05, 0.1) is 6.54 Å². The van der Waals surface area contributed by atoms with E-state index >= 15 is 0 Å². The molecule has 110 valence electrons. The van der Waals surface area contributed by atoms with Gasteiger partial charge in [0.15, 0.2) is 5.84 Å². The van der Waals surface area contributed by atoms with E-state index in [2.05, 4.69) is 12.1 Å². The SMILES string of the molecule is CCCCCCC(=O)N(CC(N)=NO)C1CCCC1. The summed E-state index contributed by atoms with van der Waals surface area (Å²) in [5.41, 5.74) is 5.56. The molecule has 1 aliphatic rings. The lowest BCUT2D eigenvalue weighted by Gasteiger charge is -2.28. The van der Waals surface area contributed by atoms with E-state index in [1.54, 1.807) is 0 Å². The fraction of sp³-hybridized carbons (Fsp3) is 0.857. The molecule has 0 aliphatic heterocycles. The number of amidine groups is 1. The number of hydrogen-bond acceptors (Lipinski definition) is 3. The topological polar surface area (TPSA) is 78.9 Å². The molecule has 5 nitrogen and oxygen atoms in total. The first kappa shape index (κ1) is 15.8. The average molecular weight is 269 g/mol. The van der Waals surface area contributed by atoms with Crippen molar-refractivity contribution in [1.82, 2.24) is 4.90 Å². The summed E-state index contributed by atoms with van der Waals surface area (Å²) in [5.74, 6) is 0.267. The maximum Gasteiger partial charge on any atom is 0.223 e. The molecule has 0 heterocycles. The molecule has 5 heteroatoms. The van der Waals surface area contributed by atoms with Crippen LogP contribution in [0, 0.1) is 0 Å². The molecule has 19 heavy (non-hydrogen) atoms. The Hall–Kier alpha value is -1.26. The van der Waals surface area contributed by atoms with Crippen molar-refractivity contribution in [2.45, 2.75) is 70.8 Å². The molecule has 0 saturated heterocycles. The summed E-state index contributed by atoms with van der Waals surface area (Å²) in [7, 11) is 0. The van der Waals surface area contributed by atoms with Gasteiger partial charge in [-0.3, -0.25) is 4.79 Å². The molecular weight excluding hydrogens is 242 g/mol. The molecule has 1 rings (SSSR count). The Kier molecular flexibility index (Phi) is 7.30. The number of oxime groups is 1. The molecule has 0 aromatic rings. The molecule has 1 aliphatic carbocycles. The number of rotatable bonds is 8. The van der Waals surface area contributed by atoms with Gasteiger partial charge in [0.1, 0.15) is 0 Å². The van der Waals surface area contributed by atoms with Gasteiger partial charge in [-0.2, -0.15) is 0 Å². The quantitative estimate of drug-likeness (QED) is 0.233. The Morgan fingerprint density at radius 2 is 2.00 bits per heavy atom. The monoisotopic (exact) mass is 269 g/mol. The third-order valence-electron chi connectivity index (χ3n) is 3.79. The highest BCUT2D eigenvalue weighted by molar-refractivity contribution is 5.87. The Morgan fingerprint density at radius 1 is 1.32 bits per heavy atom. The predicted molar refractivity (Wildman–Crippen MR) is 76.1 cm³/mol. The third kappa shape index (κ3) is 5.49. The highest BCUT2D eigenvalue weighted by Gasteiger charge is 2.26. The third-order valence-corrected chi connectivity index (χ3v) is 3.79. The van der Waals surface area contributed by atoms with Gasteiger partial charge in [0, 0.05) is 12.5 Å². The normalized spacial score (nSPS) is 16.8. The van der Waals surface area contributed by atoms with Crippen molar-refractivity contribution >= 4 is 11.7 Å².